The summed E-state index contributed by atoms with van der Waals surface area (Å²) in [5, 5.41) is 3.99. The molecule has 3 aromatic rings. The van der Waals surface area contributed by atoms with Crippen LogP contribution in [-0.4, -0.2) is 14.2 Å². The largest absolute Gasteiger partial charge is 0.322 e. The Labute approximate surface area is 114 Å². The number of rotatable bonds is 3. The third-order valence-corrected chi connectivity index (χ3v) is 3.21. The van der Waals surface area contributed by atoms with Crippen LogP contribution in [-0.2, 0) is 6.54 Å². The third-order valence-electron chi connectivity index (χ3n) is 3.21. The molecule has 1 unspecified atom stereocenters. The first-order chi connectivity index (χ1) is 9.65. The lowest BCUT2D eigenvalue weighted by Gasteiger charge is -2.14. The Balaban J connectivity index is 1.93. The number of nitrogens with zero attached hydrogens (tertiary/aromatic N) is 3. The second kappa shape index (κ2) is 4.90. The molecule has 1 atom stereocenters. The van der Waals surface area contributed by atoms with E-state index in [-0.39, 0.29) is 17.9 Å². The molecule has 0 aliphatic heterocycles. The molecule has 20 heavy (non-hydrogen) atoms. The zero-order valence-corrected chi connectivity index (χ0v) is 10.6. The lowest BCUT2D eigenvalue weighted by Crippen LogP contribution is -2.27. The van der Waals surface area contributed by atoms with E-state index in [1.807, 2.05) is 0 Å². The van der Waals surface area contributed by atoms with E-state index in [2.05, 4.69) is 5.10 Å². The van der Waals surface area contributed by atoms with Crippen LogP contribution in [0.1, 0.15) is 11.6 Å². The van der Waals surface area contributed by atoms with Crippen LogP contribution in [0.2, 0.25) is 0 Å². The van der Waals surface area contributed by atoms with Crippen molar-refractivity contribution < 1.29 is 4.39 Å². The lowest BCUT2D eigenvalue weighted by atomic mass is 10.1. The molecule has 0 aliphatic rings. The standard InChI is InChI=1S/C14H13FN4O/c15-11-3-1-2-10(8-11)12(16)9-18-6-7-19-13(14(18)20)4-5-17-19/h1-8,12H,9,16H2. The maximum atomic E-state index is 13.2. The van der Waals surface area contributed by atoms with Gasteiger partial charge in [0.15, 0.2) is 0 Å². The van der Waals surface area contributed by atoms with Crippen LogP contribution in [0.4, 0.5) is 4.39 Å². The Morgan fingerprint density at radius 3 is 2.95 bits per heavy atom. The number of nitrogens with two attached hydrogens (primary N) is 1. The van der Waals surface area contributed by atoms with E-state index in [1.54, 1.807) is 36.8 Å². The predicted octanol–water partition coefficient (Wildman–Crippen LogP) is 1.34. The van der Waals surface area contributed by atoms with Crippen molar-refractivity contribution >= 4 is 5.52 Å². The summed E-state index contributed by atoms with van der Waals surface area (Å²) < 4.78 is 16.2. The van der Waals surface area contributed by atoms with Crippen LogP contribution in [0.5, 0.6) is 0 Å². The minimum Gasteiger partial charge on any atom is -0.322 e. The van der Waals surface area contributed by atoms with E-state index in [1.165, 1.54) is 21.2 Å². The fourth-order valence-corrected chi connectivity index (χ4v) is 2.16. The van der Waals surface area contributed by atoms with Gasteiger partial charge in [0.05, 0.1) is 6.20 Å². The van der Waals surface area contributed by atoms with Gasteiger partial charge >= 0.3 is 0 Å². The van der Waals surface area contributed by atoms with Crippen molar-refractivity contribution in [2.75, 3.05) is 0 Å². The number of halogens is 1. The maximum absolute atomic E-state index is 13.2. The van der Waals surface area contributed by atoms with Crippen molar-refractivity contribution in [3.05, 3.63) is 70.7 Å². The van der Waals surface area contributed by atoms with Gasteiger partial charge in [-0.05, 0) is 23.8 Å². The monoisotopic (exact) mass is 272 g/mol. The molecule has 0 radical (unpaired) electrons. The van der Waals surface area contributed by atoms with Crippen LogP contribution in [0.25, 0.3) is 5.52 Å². The number of hydrogen-bond donors (Lipinski definition) is 1. The number of aromatic nitrogens is 3. The number of benzene rings is 1. The molecule has 0 fully saturated rings. The number of fused-ring (bicyclic) bond motifs is 1. The highest BCUT2D eigenvalue weighted by Gasteiger charge is 2.10. The molecular weight excluding hydrogens is 259 g/mol. The Kier molecular flexibility index (Phi) is 3.08. The lowest BCUT2D eigenvalue weighted by molar-refractivity contribution is 0.553. The second-order valence-electron chi connectivity index (χ2n) is 4.58. The Bertz CT molecular complexity index is 808. The van der Waals surface area contributed by atoms with E-state index in [0.29, 0.717) is 11.1 Å². The highest BCUT2D eigenvalue weighted by Crippen LogP contribution is 2.13. The normalized spacial score (nSPS) is 12.7. The first-order valence-electron chi connectivity index (χ1n) is 6.19. The van der Waals surface area contributed by atoms with Crippen molar-refractivity contribution in [1.82, 2.24) is 14.2 Å². The van der Waals surface area contributed by atoms with Gasteiger partial charge in [-0.25, -0.2) is 8.91 Å². The molecule has 0 bridgehead atoms. The van der Waals surface area contributed by atoms with Gasteiger partial charge in [0, 0.05) is 25.0 Å². The van der Waals surface area contributed by atoms with Crippen LogP contribution in [0.15, 0.2) is 53.7 Å². The molecule has 2 N–H and O–H groups in total. The van der Waals surface area contributed by atoms with Crippen LogP contribution in [0.3, 0.4) is 0 Å². The van der Waals surface area contributed by atoms with E-state index < -0.39 is 6.04 Å². The van der Waals surface area contributed by atoms with E-state index in [0.717, 1.165) is 0 Å². The molecule has 5 nitrogen and oxygen atoms in total. The summed E-state index contributed by atoms with van der Waals surface area (Å²) in [4.78, 5) is 12.2. The van der Waals surface area contributed by atoms with E-state index >= 15 is 0 Å². The molecule has 2 aromatic heterocycles. The summed E-state index contributed by atoms with van der Waals surface area (Å²) in [7, 11) is 0. The van der Waals surface area contributed by atoms with Gasteiger partial charge in [-0.2, -0.15) is 5.10 Å². The minimum absolute atomic E-state index is 0.170. The molecule has 0 aliphatic carbocycles. The zero-order valence-electron chi connectivity index (χ0n) is 10.6. The zero-order chi connectivity index (χ0) is 14.1. The first kappa shape index (κ1) is 12.6. The van der Waals surface area contributed by atoms with Gasteiger partial charge in [-0.1, -0.05) is 12.1 Å². The average molecular weight is 272 g/mol. The smallest absolute Gasteiger partial charge is 0.276 e. The third kappa shape index (κ3) is 2.21. The summed E-state index contributed by atoms with van der Waals surface area (Å²) in [6, 6.07) is 7.29. The topological polar surface area (TPSA) is 65.3 Å². The van der Waals surface area contributed by atoms with Gasteiger partial charge in [-0.3, -0.25) is 4.79 Å². The highest BCUT2D eigenvalue weighted by molar-refractivity contribution is 5.42. The molecule has 0 spiro atoms. The van der Waals surface area contributed by atoms with E-state index in [4.69, 9.17) is 5.73 Å². The SMILES string of the molecule is NC(Cn1ccn2nccc2c1=O)c1cccc(F)c1. The highest BCUT2D eigenvalue weighted by atomic mass is 19.1. The summed E-state index contributed by atoms with van der Waals surface area (Å²) in [5.74, 6) is -0.337. The summed E-state index contributed by atoms with van der Waals surface area (Å²) in [5.41, 5.74) is 7.01. The first-order valence-corrected chi connectivity index (χ1v) is 6.19. The van der Waals surface area contributed by atoms with Crippen LogP contribution in [0, 0.1) is 5.82 Å². The maximum Gasteiger partial charge on any atom is 0.276 e. The van der Waals surface area contributed by atoms with Gasteiger partial charge < -0.3 is 10.3 Å². The summed E-state index contributed by atoms with van der Waals surface area (Å²) in [6.07, 6.45) is 4.88. The van der Waals surface area contributed by atoms with Crippen molar-refractivity contribution in [2.24, 2.45) is 5.73 Å². The Morgan fingerprint density at radius 2 is 2.15 bits per heavy atom. The van der Waals surface area contributed by atoms with Gasteiger partial charge in [-0.15, -0.1) is 0 Å². The summed E-state index contributed by atoms with van der Waals surface area (Å²) >= 11 is 0. The van der Waals surface area contributed by atoms with Crippen molar-refractivity contribution in [2.45, 2.75) is 12.6 Å². The quantitative estimate of drug-likeness (QED) is 0.782. The molecule has 2 heterocycles. The molecule has 6 heteroatoms. The van der Waals surface area contributed by atoms with Crippen LogP contribution < -0.4 is 11.3 Å². The van der Waals surface area contributed by atoms with Crippen LogP contribution >= 0.6 is 0 Å². The molecule has 3 rings (SSSR count). The minimum atomic E-state index is -0.450. The molecule has 0 amide bonds. The van der Waals surface area contributed by atoms with Crippen molar-refractivity contribution in [3.63, 3.8) is 0 Å². The molecule has 102 valence electrons. The average Bonchev–Trinajstić information content (AvgIpc) is 2.91. The molecule has 0 saturated carbocycles. The van der Waals surface area contributed by atoms with E-state index in [9.17, 15) is 9.18 Å². The fourth-order valence-electron chi connectivity index (χ4n) is 2.16. The van der Waals surface area contributed by atoms with Crippen molar-refractivity contribution in [3.8, 4) is 0 Å². The predicted molar refractivity (Wildman–Crippen MR) is 72.8 cm³/mol. The Morgan fingerprint density at radius 1 is 1.30 bits per heavy atom. The van der Waals surface area contributed by atoms with Crippen molar-refractivity contribution in [1.29, 1.82) is 0 Å². The van der Waals surface area contributed by atoms with Gasteiger partial charge in [0.25, 0.3) is 5.56 Å². The molecular formula is C14H13FN4O. The number of hydrogen-bond acceptors (Lipinski definition) is 3. The van der Waals surface area contributed by atoms with Gasteiger partial charge in [0.2, 0.25) is 0 Å². The van der Waals surface area contributed by atoms with Gasteiger partial charge in [0.1, 0.15) is 11.3 Å². The molecule has 0 saturated heterocycles. The summed E-state index contributed by atoms with van der Waals surface area (Å²) in [6.45, 7) is 0.282. The second-order valence-corrected chi connectivity index (χ2v) is 4.58. The molecule has 1 aromatic carbocycles. The fraction of sp³-hybridized carbons (Fsp3) is 0.143. The Hall–Kier alpha value is -2.47.